The molecule has 154 valence electrons. The highest BCUT2D eigenvalue weighted by Crippen LogP contribution is 2.28. The number of esters is 1. The quantitative estimate of drug-likeness (QED) is 0.703. The molecule has 2 aromatic rings. The van der Waals surface area contributed by atoms with E-state index in [9.17, 15) is 18.0 Å². The van der Waals surface area contributed by atoms with Crippen molar-refractivity contribution in [2.75, 3.05) is 20.2 Å². The Labute approximate surface area is 174 Å². The Morgan fingerprint density at radius 3 is 2.31 bits per heavy atom. The van der Waals surface area contributed by atoms with Gasteiger partial charge in [0.15, 0.2) is 0 Å². The fourth-order valence-electron chi connectivity index (χ4n) is 3.07. The normalized spacial score (nSPS) is 14.6. The lowest BCUT2D eigenvalue weighted by Gasteiger charge is -2.17. The molecule has 1 heterocycles. The number of hydrogen-bond acceptors (Lipinski definition) is 5. The number of halogens is 1. The monoisotopic (exact) mass is 436 g/mol. The van der Waals surface area contributed by atoms with Gasteiger partial charge in [0, 0.05) is 25.2 Å². The molecular formula is C20H21ClN2O5S. The summed E-state index contributed by atoms with van der Waals surface area (Å²) in [7, 11) is -2.42. The van der Waals surface area contributed by atoms with Crippen molar-refractivity contribution in [3.05, 3.63) is 64.2 Å². The van der Waals surface area contributed by atoms with E-state index in [1.807, 2.05) is 0 Å². The molecule has 1 amide bonds. The van der Waals surface area contributed by atoms with E-state index < -0.39 is 21.9 Å². The molecule has 1 fully saturated rings. The highest BCUT2D eigenvalue weighted by atomic mass is 35.5. The van der Waals surface area contributed by atoms with Crippen molar-refractivity contribution in [2.45, 2.75) is 24.3 Å². The molecule has 1 aliphatic rings. The Bertz CT molecular complexity index is 1020. The molecule has 0 saturated carbocycles. The van der Waals surface area contributed by atoms with Crippen molar-refractivity contribution in [3.8, 4) is 0 Å². The average molecular weight is 437 g/mol. The van der Waals surface area contributed by atoms with Crippen LogP contribution in [-0.2, 0) is 21.3 Å². The highest BCUT2D eigenvalue weighted by Gasteiger charge is 2.29. The Hall–Kier alpha value is -2.42. The molecule has 0 atom stereocenters. The third-order valence-electron chi connectivity index (χ3n) is 4.70. The van der Waals surface area contributed by atoms with Crippen molar-refractivity contribution >= 4 is 33.5 Å². The minimum atomic E-state index is -3.73. The standard InChI is InChI=1S/C20H21ClN2O5S/c1-28-20(25)15-6-4-14(5-7-15)13-22-19(24)16-8-9-17(21)18(12-16)29(26,27)23-10-2-3-11-23/h4-9,12H,2-3,10-11,13H2,1H3,(H,22,24). The second-order valence-corrected chi connectivity index (χ2v) is 8.94. The minimum Gasteiger partial charge on any atom is -0.465 e. The van der Waals surface area contributed by atoms with Gasteiger partial charge in [-0.05, 0) is 48.7 Å². The van der Waals surface area contributed by atoms with Gasteiger partial charge in [0.1, 0.15) is 4.90 Å². The SMILES string of the molecule is COC(=O)c1ccc(CNC(=O)c2ccc(Cl)c(S(=O)(=O)N3CCCC3)c2)cc1. The summed E-state index contributed by atoms with van der Waals surface area (Å²) < 4.78 is 31.6. The van der Waals surface area contributed by atoms with Gasteiger partial charge in [-0.3, -0.25) is 4.79 Å². The number of sulfonamides is 1. The van der Waals surface area contributed by atoms with Gasteiger partial charge in [-0.25, -0.2) is 13.2 Å². The third kappa shape index (κ3) is 4.77. The predicted octanol–water partition coefficient (Wildman–Crippen LogP) is 2.84. The molecule has 0 aliphatic carbocycles. The van der Waals surface area contributed by atoms with Crippen molar-refractivity contribution in [1.82, 2.24) is 9.62 Å². The minimum absolute atomic E-state index is 0.0591. The molecule has 1 aliphatic heterocycles. The summed E-state index contributed by atoms with van der Waals surface area (Å²) in [6.45, 7) is 1.13. The van der Waals surface area contributed by atoms with Crippen LogP contribution in [0.5, 0.6) is 0 Å². The van der Waals surface area contributed by atoms with Gasteiger partial charge in [0.2, 0.25) is 10.0 Å². The molecule has 0 radical (unpaired) electrons. The first-order valence-electron chi connectivity index (χ1n) is 9.08. The highest BCUT2D eigenvalue weighted by molar-refractivity contribution is 7.89. The maximum atomic E-state index is 12.8. The van der Waals surface area contributed by atoms with Gasteiger partial charge in [-0.1, -0.05) is 23.7 Å². The van der Waals surface area contributed by atoms with Gasteiger partial charge in [-0.2, -0.15) is 4.31 Å². The van der Waals surface area contributed by atoms with Crippen molar-refractivity contribution in [1.29, 1.82) is 0 Å². The molecule has 3 rings (SSSR count). The van der Waals surface area contributed by atoms with Crippen LogP contribution in [0.2, 0.25) is 5.02 Å². The number of methoxy groups -OCH3 is 1. The Kier molecular flexibility index (Phi) is 6.56. The summed E-state index contributed by atoms with van der Waals surface area (Å²) in [6, 6.07) is 10.8. The number of amides is 1. The van der Waals surface area contributed by atoms with Gasteiger partial charge in [0.25, 0.3) is 5.91 Å². The van der Waals surface area contributed by atoms with Crippen molar-refractivity contribution < 1.29 is 22.7 Å². The number of rotatable bonds is 6. The van der Waals surface area contributed by atoms with Crippen LogP contribution in [0.15, 0.2) is 47.4 Å². The summed E-state index contributed by atoms with van der Waals surface area (Å²) in [5, 5.41) is 2.83. The van der Waals surface area contributed by atoms with Gasteiger partial charge in [-0.15, -0.1) is 0 Å². The second kappa shape index (κ2) is 8.94. The summed E-state index contributed by atoms with van der Waals surface area (Å²) in [4.78, 5) is 23.9. The second-order valence-electron chi connectivity index (χ2n) is 6.63. The van der Waals surface area contributed by atoms with Crippen LogP contribution in [0, 0.1) is 0 Å². The van der Waals surface area contributed by atoms with Crippen LogP contribution in [0.1, 0.15) is 39.1 Å². The predicted molar refractivity (Wildman–Crippen MR) is 108 cm³/mol. The molecule has 7 nitrogen and oxygen atoms in total. The van der Waals surface area contributed by atoms with Crippen LogP contribution in [0.3, 0.4) is 0 Å². The number of carbonyl (C=O) groups excluding carboxylic acids is 2. The average Bonchev–Trinajstić information content (AvgIpc) is 3.28. The van der Waals surface area contributed by atoms with Gasteiger partial charge in [0.05, 0.1) is 17.7 Å². The van der Waals surface area contributed by atoms with Gasteiger partial charge < -0.3 is 10.1 Å². The van der Waals surface area contributed by atoms with Crippen LogP contribution in [-0.4, -0.2) is 44.8 Å². The van der Waals surface area contributed by atoms with Crippen LogP contribution in [0.4, 0.5) is 0 Å². The molecule has 9 heteroatoms. The fraction of sp³-hybridized carbons (Fsp3) is 0.300. The molecule has 0 spiro atoms. The van der Waals surface area contributed by atoms with Crippen LogP contribution >= 0.6 is 11.6 Å². The number of ether oxygens (including phenoxy) is 1. The topological polar surface area (TPSA) is 92.8 Å². The molecule has 29 heavy (non-hydrogen) atoms. The molecule has 1 N–H and O–H groups in total. The number of carbonyl (C=O) groups is 2. The lowest BCUT2D eigenvalue weighted by molar-refractivity contribution is 0.0600. The van der Waals surface area contributed by atoms with Crippen LogP contribution < -0.4 is 5.32 Å². The lowest BCUT2D eigenvalue weighted by atomic mass is 10.1. The van der Waals surface area contributed by atoms with Crippen LogP contribution in [0.25, 0.3) is 0 Å². The molecule has 2 aromatic carbocycles. The first-order chi connectivity index (χ1) is 13.8. The maximum absolute atomic E-state index is 12.8. The molecule has 0 aromatic heterocycles. The van der Waals surface area contributed by atoms with E-state index >= 15 is 0 Å². The number of nitrogens with one attached hydrogen (secondary N) is 1. The van der Waals surface area contributed by atoms with Crippen molar-refractivity contribution in [2.24, 2.45) is 0 Å². The smallest absolute Gasteiger partial charge is 0.337 e. The summed E-state index contributed by atoms with van der Waals surface area (Å²) >= 11 is 6.11. The summed E-state index contributed by atoms with van der Waals surface area (Å²) in [5.41, 5.74) is 1.40. The summed E-state index contributed by atoms with van der Waals surface area (Å²) in [5.74, 6) is -0.856. The number of benzene rings is 2. The van der Waals surface area contributed by atoms with E-state index in [1.54, 1.807) is 24.3 Å². The zero-order chi connectivity index (χ0) is 21.0. The molecule has 0 bridgehead atoms. The largest absolute Gasteiger partial charge is 0.465 e. The van der Waals surface area contributed by atoms with E-state index in [0.29, 0.717) is 18.7 Å². The van der Waals surface area contributed by atoms with E-state index in [4.69, 9.17) is 11.6 Å². The van der Waals surface area contributed by atoms with E-state index in [-0.39, 0.29) is 22.0 Å². The third-order valence-corrected chi connectivity index (χ3v) is 7.08. The first kappa shape index (κ1) is 21.3. The maximum Gasteiger partial charge on any atom is 0.337 e. The van der Waals surface area contributed by atoms with E-state index in [0.717, 1.165) is 18.4 Å². The Morgan fingerprint density at radius 1 is 1.07 bits per heavy atom. The lowest BCUT2D eigenvalue weighted by Crippen LogP contribution is -2.29. The fourth-order valence-corrected chi connectivity index (χ4v) is 5.09. The number of hydrogen-bond donors (Lipinski definition) is 1. The Morgan fingerprint density at radius 2 is 1.69 bits per heavy atom. The van der Waals surface area contributed by atoms with Gasteiger partial charge >= 0.3 is 5.97 Å². The summed E-state index contributed by atoms with van der Waals surface area (Å²) in [6.07, 6.45) is 1.62. The first-order valence-corrected chi connectivity index (χ1v) is 10.9. The Balaban J connectivity index is 1.72. The molecule has 1 saturated heterocycles. The molecular weight excluding hydrogens is 416 g/mol. The van der Waals surface area contributed by atoms with Crippen molar-refractivity contribution in [3.63, 3.8) is 0 Å². The van der Waals surface area contributed by atoms with E-state index in [1.165, 1.54) is 29.6 Å². The zero-order valence-electron chi connectivity index (χ0n) is 15.9. The number of nitrogens with zero attached hydrogens (tertiary/aromatic N) is 1. The van der Waals surface area contributed by atoms with E-state index in [2.05, 4.69) is 10.1 Å². The zero-order valence-corrected chi connectivity index (χ0v) is 17.4. The molecule has 0 unspecified atom stereocenters.